The molecule has 0 radical (unpaired) electrons. The Morgan fingerprint density at radius 2 is 1.61 bits per heavy atom. The predicted octanol–water partition coefficient (Wildman–Crippen LogP) is 5.91. The molecule has 36 heavy (non-hydrogen) atoms. The van der Waals surface area contributed by atoms with Crippen LogP contribution in [0, 0.1) is 0 Å². The maximum atomic E-state index is 13.3. The van der Waals surface area contributed by atoms with Crippen molar-refractivity contribution in [2.75, 3.05) is 14.2 Å². The third kappa shape index (κ3) is 3.50. The second kappa shape index (κ2) is 8.57. The van der Waals surface area contributed by atoms with Gasteiger partial charge in [-0.25, -0.2) is 0 Å². The van der Waals surface area contributed by atoms with Crippen LogP contribution in [0.5, 0.6) is 23.0 Å². The normalized spacial score (nSPS) is 17.4. The van der Waals surface area contributed by atoms with Crippen LogP contribution in [0.15, 0.2) is 78.6 Å². The number of rotatable bonds is 4. The van der Waals surface area contributed by atoms with Gasteiger partial charge in [-0.15, -0.1) is 0 Å². The summed E-state index contributed by atoms with van der Waals surface area (Å²) in [5.74, 6) is 1.67. The Labute approximate surface area is 207 Å². The zero-order chi connectivity index (χ0) is 24.8. The molecule has 0 N–H and O–H groups in total. The van der Waals surface area contributed by atoms with Gasteiger partial charge < -0.3 is 18.9 Å². The molecule has 0 saturated carbocycles. The fourth-order valence-electron chi connectivity index (χ4n) is 5.00. The maximum absolute atomic E-state index is 13.3. The standard InChI is InChI=1S/C30H22O6/c1-33-18-9-7-17(8-10-18)15-26-29(32)22-12-14-25-28(30(22)36-26)23(16-27(31)35-25)20-11-13-24(34-2)21-6-4-3-5-19(20)21/h3-15,23H,16H2,1-2H3/b26-15-/t23-/m1/s1. The summed E-state index contributed by atoms with van der Waals surface area (Å²) in [6.07, 6.45) is 1.84. The summed E-state index contributed by atoms with van der Waals surface area (Å²) in [5, 5.41) is 1.92. The van der Waals surface area contributed by atoms with Crippen LogP contribution in [-0.4, -0.2) is 26.0 Å². The first-order chi connectivity index (χ1) is 17.6. The van der Waals surface area contributed by atoms with Crippen molar-refractivity contribution in [2.24, 2.45) is 0 Å². The van der Waals surface area contributed by atoms with Gasteiger partial charge in [0.1, 0.15) is 23.0 Å². The lowest BCUT2D eigenvalue weighted by molar-refractivity contribution is -0.135. The third-order valence-corrected chi connectivity index (χ3v) is 6.71. The van der Waals surface area contributed by atoms with E-state index in [2.05, 4.69) is 0 Å². The van der Waals surface area contributed by atoms with Crippen molar-refractivity contribution in [1.82, 2.24) is 0 Å². The highest BCUT2D eigenvalue weighted by Crippen LogP contribution is 2.50. The lowest BCUT2D eigenvalue weighted by atomic mass is 9.82. The van der Waals surface area contributed by atoms with Gasteiger partial charge in [0.2, 0.25) is 5.78 Å². The molecule has 0 aliphatic carbocycles. The Morgan fingerprint density at radius 3 is 2.36 bits per heavy atom. The zero-order valence-electron chi connectivity index (χ0n) is 19.7. The molecule has 0 bridgehead atoms. The third-order valence-electron chi connectivity index (χ3n) is 6.71. The van der Waals surface area contributed by atoms with Crippen LogP contribution in [0.2, 0.25) is 0 Å². The van der Waals surface area contributed by atoms with Gasteiger partial charge in [-0.05, 0) is 52.9 Å². The summed E-state index contributed by atoms with van der Waals surface area (Å²) in [4.78, 5) is 25.9. The molecule has 0 fully saturated rings. The molecular formula is C30H22O6. The number of hydrogen-bond acceptors (Lipinski definition) is 6. The van der Waals surface area contributed by atoms with E-state index < -0.39 is 0 Å². The molecule has 6 heteroatoms. The molecule has 0 spiro atoms. The fraction of sp³-hybridized carbons (Fsp3) is 0.133. The average Bonchev–Trinajstić information content (AvgIpc) is 3.22. The minimum absolute atomic E-state index is 0.134. The largest absolute Gasteiger partial charge is 0.497 e. The number of ether oxygens (including phenoxy) is 4. The van der Waals surface area contributed by atoms with E-state index >= 15 is 0 Å². The number of methoxy groups -OCH3 is 2. The van der Waals surface area contributed by atoms with E-state index in [1.165, 1.54) is 0 Å². The van der Waals surface area contributed by atoms with Crippen LogP contribution in [0.3, 0.4) is 0 Å². The molecule has 4 aromatic carbocycles. The first kappa shape index (κ1) is 21.9. The smallest absolute Gasteiger partial charge is 0.312 e. The molecule has 1 atom stereocenters. The maximum Gasteiger partial charge on any atom is 0.312 e. The second-order valence-electron chi connectivity index (χ2n) is 8.70. The van der Waals surface area contributed by atoms with E-state index in [-0.39, 0.29) is 29.9 Å². The Kier molecular flexibility index (Phi) is 5.22. The molecule has 0 amide bonds. The molecule has 6 rings (SSSR count). The molecule has 0 saturated heterocycles. The van der Waals surface area contributed by atoms with Crippen molar-refractivity contribution in [2.45, 2.75) is 12.3 Å². The molecule has 2 aliphatic rings. The zero-order valence-corrected chi connectivity index (χ0v) is 19.7. The molecule has 6 nitrogen and oxygen atoms in total. The summed E-state index contributed by atoms with van der Waals surface area (Å²) in [6, 6.07) is 22.5. The minimum atomic E-state index is -0.347. The van der Waals surface area contributed by atoms with Gasteiger partial charge in [0.15, 0.2) is 5.76 Å². The van der Waals surface area contributed by atoms with E-state index in [0.29, 0.717) is 22.6 Å². The summed E-state index contributed by atoms with van der Waals surface area (Å²) in [6.45, 7) is 0. The predicted molar refractivity (Wildman–Crippen MR) is 135 cm³/mol. The average molecular weight is 479 g/mol. The van der Waals surface area contributed by atoms with E-state index in [4.69, 9.17) is 18.9 Å². The van der Waals surface area contributed by atoms with Crippen LogP contribution >= 0.6 is 0 Å². The van der Waals surface area contributed by atoms with E-state index in [0.717, 1.165) is 33.4 Å². The molecule has 178 valence electrons. The van der Waals surface area contributed by atoms with Crippen LogP contribution in [0.4, 0.5) is 0 Å². The first-order valence-electron chi connectivity index (χ1n) is 11.6. The van der Waals surface area contributed by atoms with E-state index in [9.17, 15) is 9.59 Å². The fourth-order valence-corrected chi connectivity index (χ4v) is 5.00. The lowest BCUT2D eigenvalue weighted by Crippen LogP contribution is -2.21. The van der Waals surface area contributed by atoms with Crippen molar-refractivity contribution in [1.29, 1.82) is 0 Å². The van der Waals surface area contributed by atoms with Gasteiger partial charge >= 0.3 is 5.97 Å². The van der Waals surface area contributed by atoms with Crippen LogP contribution in [-0.2, 0) is 4.79 Å². The van der Waals surface area contributed by atoms with Crippen LogP contribution in [0.25, 0.3) is 16.8 Å². The van der Waals surface area contributed by atoms with Crippen molar-refractivity contribution in [3.63, 3.8) is 0 Å². The highest BCUT2D eigenvalue weighted by atomic mass is 16.5. The molecule has 2 heterocycles. The minimum Gasteiger partial charge on any atom is -0.497 e. The van der Waals surface area contributed by atoms with Gasteiger partial charge in [0.25, 0.3) is 0 Å². The Hall–Kier alpha value is -4.58. The molecule has 4 aromatic rings. The van der Waals surface area contributed by atoms with Crippen LogP contribution < -0.4 is 18.9 Å². The molecule has 0 unspecified atom stereocenters. The number of fused-ring (bicyclic) bond motifs is 4. The van der Waals surface area contributed by atoms with E-state index in [1.54, 1.807) is 32.4 Å². The Balaban J connectivity index is 1.48. The van der Waals surface area contributed by atoms with Crippen molar-refractivity contribution < 1.29 is 28.5 Å². The Bertz CT molecular complexity index is 1560. The second-order valence-corrected chi connectivity index (χ2v) is 8.70. The summed E-state index contributed by atoms with van der Waals surface area (Å²) in [7, 11) is 3.24. The van der Waals surface area contributed by atoms with Gasteiger partial charge in [0, 0.05) is 16.9 Å². The SMILES string of the molecule is COc1ccc(/C=C2\Oc3c(ccc4c3[C@@H](c3ccc(OC)c5ccccc35)CC(=O)O4)C2=O)cc1. The molecule has 2 aliphatic heterocycles. The number of ketones is 1. The first-order valence-corrected chi connectivity index (χ1v) is 11.6. The number of hydrogen-bond donors (Lipinski definition) is 0. The summed E-state index contributed by atoms with van der Waals surface area (Å²) < 4.78 is 22.5. The monoisotopic (exact) mass is 478 g/mol. The quantitative estimate of drug-likeness (QED) is 0.206. The number of esters is 1. The van der Waals surface area contributed by atoms with E-state index in [1.807, 2.05) is 60.7 Å². The van der Waals surface area contributed by atoms with Crippen molar-refractivity contribution in [3.05, 3.63) is 101 Å². The van der Waals surface area contributed by atoms with Gasteiger partial charge in [0.05, 0.1) is 26.2 Å². The number of allylic oxidation sites excluding steroid dienone is 1. The Morgan fingerprint density at radius 1 is 0.833 bits per heavy atom. The molecule has 0 aromatic heterocycles. The van der Waals surface area contributed by atoms with Crippen LogP contribution in [0.1, 0.15) is 39.4 Å². The summed E-state index contributed by atoms with van der Waals surface area (Å²) in [5.41, 5.74) is 2.91. The van der Waals surface area contributed by atoms with Gasteiger partial charge in [-0.3, -0.25) is 9.59 Å². The number of Topliss-reactive ketones (excluding diaryl/α,β-unsaturated/α-hetero) is 1. The number of carbonyl (C=O) groups excluding carboxylic acids is 2. The van der Waals surface area contributed by atoms with Gasteiger partial charge in [-0.2, -0.15) is 0 Å². The molecular weight excluding hydrogens is 456 g/mol. The topological polar surface area (TPSA) is 71.1 Å². The number of benzene rings is 4. The van der Waals surface area contributed by atoms with Crippen molar-refractivity contribution in [3.8, 4) is 23.0 Å². The number of carbonyl (C=O) groups is 2. The highest BCUT2D eigenvalue weighted by molar-refractivity contribution is 6.15. The summed E-state index contributed by atoms with van der Waals surface area (Å²) >= 11 is 0. The van der Waals surface area contributed by atoms with Crippen molar-refractivity contribution >= 4 is 28.6 Å². The lowest BCUT2D eigenvalue weighted by Gasteiger charge is -2.27. The highest BCUT2D eigenvalue weighted by Gasteiger charge is 2.39. The van der Waals surface area contributed by atoms with Gasteiger partial charge in [-0.1, -0.05) is 42.5 Å².